The SMILES string of the molecule is Cc1cc(C2(N=C=O)CC2)ccc1O. The predicted molar refractivity (Wildman–Crippen MR) is 51.9 cm³/mol. The van der Waals surface area contributed by atoms with Crippen molar-refractivity contribution in [1.29, 1.82) is 0 Å². The molecule has 1 aromatic rings. The van der Waals surface area contributed by atoms with Gasteiger partial charge in [0, 0.05) is 0 Å². The number of aliphatic imine (C=N–C) groups is 1. The topological polar surface area (TPSA) is 49.7 Å². The molecule has 2 rings (SSSR count). The maximum atomic E-state index is 10.2. The molecule has 0 amide bonds. The monoisotopic (exact) mass is 189 g/mol. The molecule has 1 saturated carbocycles. The van der Waals surface area contributed by atoms with Gasteiger partial charge in [-0.1, -0.05) is 6.07 Å². The Morgan fingerprint density at radius 2 is 2.21 bits per heavy atom. The van der Waals surface area contributed by atoms with Gasteiger partial charge in [-0.05, 0) is 43.0 Å². The summed E-state index contributed by atoms with van der Waals surface area (Å²) in [6.07, 6.45) is 3.41. The molecule has 0 atom stereocenters. The van der Waals surface area contributed by atoms with Crippen LogP contribution in [-0.4, -0.2) is 11.2 Å². The first-order valence-corrected chi connectivity index (χ1v) is 4.57. The van der Waals surface area contributed by atoms with E-state index in [1.165, 1.54) is 0 Å². The summed E-state index contributed by atoms with van der Waals surface area (Å²) in [5, 5.41) is 9.35. The Kier molecular flexibility index (Phi) is 1.90. The molecule has 0 unspecified atom stereocenters. The van der Waals surface area contributed by atoms with Crippen LogP contribution in [-0.2, 0) is 10.3 Å². The van der Waals surface area contributed by atoms with E-state index in [-0.39, 0.29) is 11.3 Å². The molecule has 3 nitrogen and oxygen atoms in total. The minimum absolute atomic E-state index is 0.277. The largest absolute Gasteiger partial charge is 0.508 e. The fourth-order valence-corrected chi connectivity index (χ4v) is 1.62. The molecule has 3 heteroatoms. The number of phenols is 1. The number of aryl methyl sites for hydroxylation is 1. The average Bonchev–Trinajstić information content (AvgIpc) is 2.91. The fraction of sp³-hybridized carbons (Fsp3) is 0.364. The highest BCUT2D eigenvalue weighted by Crippen LogP contribution is 2.49. The Labute approximate surface area is 82.1 Å². The lowest BCUT2D eigenvalue weighted by Gasteiger charge is -2.09. The highest BCUT2D eigenvalue weighted by atomic mass is 16.3. The molecule has 1 fully saturated rings. The first kappa shape index (κ1) is 8.97. The molecule has 0 aliphatic heterocycles. The second kappa shape index (κ2) is 2.96. The predicted octanol–water partition coefficient (Wildman–Crippen LogP) is 2.03. The third-order valence-electron chi connectivity index (χ3n) is 2.72. The van der Waals surface area contributed by atoms with Crippen molar-refractivity contribution in [2.24, 2.45) is 4.99 Å². The fourth-order valence-electron chi connectivity index (χ4n) is 1.62. The summed E-state index contributed by atoms with van der Waals surface area (Å²) in [6.45, 7) is 1.83. The molecular weight excluding hydrogens is 178 g/mol. The van der Waals surface area contributed by atoms with Crippen LogP contribution < -0.4 is 0 Å². The average molecular weight is 189 g/mol. The number of isocyanates is 1. The second-order valence-electron chi connectivity index (χ2n) is 3.74. The number of benzene rings is 1. The van der Waals surface area contributed by atoms with Crippen molar-refractivity contribution in [3.63, 3.8) is 0 Å². The maximum Gasteiger partial charge on any atom is 0.235 e. The van der Waals surface area contributed by atoms with Crippen LogP contribution in [0.15, 0.2) is 23.2 Å². The van der Waals surface area contributed by atoms with Gasteiger partial charge in [0.1, 0.15) is 5.75 Å². The lowest BCUT2D eigenvalue weighted by atomic mass is 10.0. The number of rotatable bonds is 2. The Bertz CT molecular complexity index is 415. The van der Waals surface area contributed by atoms with E-state index in [4.69, 9.17) is 0 Å². The van der Waals surface area contributed by atoms with E-state index >= 15 is 0 Å². The highest BCUT2D eigenvalue weighted by Gasteiger charge is 2.44. The van der Waals surface area contributed by atoms with Crippen molar-refractivity contribution >= 4 is 6.08 Å². The van der Waals surface area contributed by atoms with E-state index in [1.807, 2.05) is 19.1 Å². The van der Waals surface area contributed by atoms with E-state index in [0.717, 1.165) is 24.0 Å². The summed E-state index contributed by atoms with van der Waals surface area (Å²) >= 11 is 0. The van der Waals surface area contributed by atoms with E-state index < -0.39 is 0 Å². The smallest absolute Gasteiger partial charge is 0.235 e. The Morgan fingerprint density at radius 3 is 2.71 bits per heavy atom. The minimum atomic E-state index is -0.333. The number of aromatic hydroxyl groups is 1. The van der Waals surface area contributed by atoms with Gasteiger partial charge in [0.15, 0.2) is 0 Å². The van der Waals surface area contributed by atoms with Crippen LogP contribution >= 0.6 is 0 Å². The number of carbonyl (C=O) groups excluding carboxylic acids is 1. The summed E-state index contributed by atoms with van der Waals surface area (Å²) < 4.78 is 0. The molecule has 1 N–H and O–H groups in total. The van der Waals surface area contributed by atoms with Crippen molar-refractivity contribution in [1.82, 2.24) is 0 Å². The van der Waals surface area contributed by atoms with Crippen molar-refractivity contribution in [3.8, 4) is 5.75 Å². The zero-order valence-corrected chi connectivity index (χ0v) is 7.95. The first-order valence-electron chi connectivity index (χ1n) is 4.57. The van der Waals surface area contributed by atoms with Crippen LogP contribution in [0.2, 0.25) is 0 Å². The van der Waals surface area contributed by atoms with Crippen molar-refractivity contribution < 1.29 is 9.90 Å². The maximum absolute atomic E-state index is 10.2. The van der Waals surface area contributed by atoms with Crippen LogP contribution in [0, 0.1) is 6.92 Å². The van der Waals surface area contributed by atoms with E-state index in [0.29, 0.717) is 0 Å². The summed E-state index contributed by atoms with van der Waals surface area (Å²) in [4.78, 5) is 14.1. The Balaban J connectivity index is 2.42. The van der Waals surface area contributed by atoms with Crippen LogP contribution in [0.4, 0.5) is 0 Å². The molecule has 0 radical (unpaired) electrons. The van der Waals surface area contributed by atoms with Crippen molar-refractivity contribution in [2.45, 2.75) is 25.3 Å². The first-order chi connectivity index (χ1) is 6.68. The number of hydrogen-bond acceptors (Lipinski definition) is 3. The number of nitrogens with zero attached hydrogens (tertiary/aromatic N) is 1. The molecule has 0 heterocycles. The van der Waals surface area contributed by atoms with Gasteiger partial charge in [0.2, 0.25) is 6.08 Å². The second-order valence-corrected chi connectivity index (χ2v) is 3.74. The van der Waals surface area contributed by atoms with Gasteiger partial charge in [-0.2, -0.15) is 4.99 Å². The summed E-state index contributed by atoms with van der Waals surface area (Å²) in [7, 11) is 0. The van der Waals surface area contributed by atoms with Crippen molar-refractivity contribution in [3.05, 3.63) is 29.3 Å². The van der Waals surface area contributed by atoms with Crippen molar-refractivity contribution in [2.75, 3.05) is 0 Å². The van der Waals surface area contributed by atoms with E-state index in [1.54, 1.807) is 12.1 Å². The van der Waals surface area contributed by atoms with E-state index in [2.05, 4.69) is 4.99 Å². The van der Waals surface area contributed by atoms with Crippen LogP contribution in [0.25, 0.3) is 0 Å². The lowest BCUT2D eigenvalue weighted by Crippen LogP contribution is -2.02. The molecule has 1 aromatic carbocycles. The molecule has 0 bridgehead atoms. The summed E-state index contributed by atoms with van der Waals surface area (Å²) in [5.74, 6) is 0.277. The number of phenolic OH excluding ortho intramolecular Hbond substituents is 1. The standard InChI is InChI=1S/C11H11NO2/c1-8-6-9(2-3-10(8)14)11(4-5-11)12-7-13/h2-3,6,14H,4-5H2,1H3. The molecule has 0 spiro atoms. The Hall–Kier alpha value is -1.60. The molecule has 1 aliphatic carbocycles. The minimum Gasteiger partial charge on any atom is -0.508 e. The summed E-state index contributed by atoms with van der Waals surface area (Å²) in [6, 6.07) is 5.34. The van der Waals surface area contributed by atoms with E-state index in [9.17, 15) is 9.90 Å². The lowest BCUT2D eigenvalue weighted by molar-refractivity contribution is 0.470. The summed E-state index contributed by atoms with van der Waals surface area (Å²) in [5.41, 5.74) is 1.48. The third kappa shape index (κ3) is 1.32. The van der Waals surface area contributed by atoms with Crippen LogP contribution in [0.5, 0.6) is 5.75 Å². The molecule has 72 valence electrons. The molecular formula is C11H11NO2. The van der Waals surface area contributed by atoms with Gasteiger partial charge < -0.3 is 5.11 Å². The van der Waals surface area contributed by atoms with Crippen LogP contribution in [0.3, 0.4) is 0 Å². The van der Waals surface area contributed by atoms with Gasteiger partial charge in [0.05, 0.1) is 5.54 Å². The van der Waals surface area contributed by atoms with Gasteiger partial charge in [0.25, 0.3) is 0 Å². The molecule has 0 aromatic heterocycles. The normalized spacial score (nSPS) is 17.2. The van der Waals surface area contributed by atoms with Gasteiger partial charge >= 0.3 is 0 Å². The zero-order valence-electron chi connectivity index (χ0n) is 7.95. The molecule has 14 heavy (non-hydrogen) atoms. The quantitative estimate of drug-likeness (QED) is 0.571. The highest BCUT2D eigenvalue weighted by molar-refractivity contribution is 5.44. The number of hydrogen-bond donors (Lipinski definition) is 1. The van der Waals surface area contributed by atoms with Gasteiger partial charge in [-0.25, -0.2) is 4.79 Å². The Morgan fingerprint density at radius 1 is 1.50 bits per heavy atom. The zero-order chi connectivity index (χ0) is 10.2. The van der Waals surface area contributed by atoms with Gasteiger partial charge in [-0.15, -0.1) is 0 Å². The van der Waals surface area contributed by atoms with Crippen LogP contribution in [0.1, 0.15) is 24.0 Å². The third-order valence-corrected chi connectivity index (χ3v) is 2.72. The molecule has 1 aliphatic rings. The molecule has 0 saturated heterocycles. The van der Waals surface area contributed by atoms with Gasteiger partial charge in [-0.3, -0.25) is 0 Å².